The molecule has 0 saturated heterocycles. The highest BCUT2D eigenvalue weighted by molar-refractivity contribution is 5.92. The van der Waals surface area contributed by atoms with Gasteiger partial charge in [0.25, 0.3) is 11.6 Å². The SMILES string of the molecule is O=C(NCCOc1ccccc1)c1ccn(-c2cccc([N+](=O)[O-])c2)n1. The summed E-state index contributed by atoms with van der Waals surface area (Å²) in [5.41, 5.74) is 0.684. The number of nitrogens with zero attached hydrogens (tertiary/aromatic N) is 3. The number of nitro benzene ring substituents is 1. The van der Waals surface area contributed by atoms with Gasteiger partial charge in [0.05, 0.1) is 17.2 Å². The molecular formula is C18H16N4O4. The topological polar surface area (TPSA) is 99.3 Å². The molecule has 0 radical (unpaired) electrons. The smallest absolute Gasteiger partial charge is 0.271 e. The van der Waals surface area contributed by atoms with Gasteiger partial charge in [-0.3, -0.25) is 14.9 Å². The summed E-state index contributed by atoms with van der Waals surface area (Å²) in [6.07, 6.45) is 1.58. The van der Waals surface area contributed by atoms with E-state index in [-0.39, 0.29) is 17.3 Å². The van der Waals surface area contributed by atoms with Gasteiger partial charge >= 0.3 is 0 Å². The minimum Gasteiger partial charge on any atom is -0.492 e. The van der Waals surface area contributed by atoms with Crippen LogP contribution in [0.2, 0.25) is 0 Å². The third-order valence-electron chi connectivity index (χ3n) is 3.53. The van der Waals surface area contributed by atoms with Crippen molar-refractivity contribution in [2.45, 2.75) is 0 Å². The van der Waals surface area contributed by atoms with E-state index >= 15 is 0 Å². The zero-order valence-electron chi connectivity index (χ0n) is 13.7. The Bertz CT molecular complexity index is 908. The molecule has 0 aliphatic rings. The molecule has 1 aromatic heterocycles. The maximum atomic E-state index is 12.1. The molecule has 0 aliphatic heterocycles. The summed E-state index contributed by atoms with van der Waals surface area (Å²) in [6, 6.07) is 16.9. The van der Waals surface area contributed by atoms with Crippen LogP contribution in [0.5, 0.6) is 5.75 Å². The first-order valence-corrected chi connectivity index (χ1v) is 7.90. The van der Waals surface area contributed by atoms with Gasteiger partial charge in [-0.25, -0.2) is 4.68 Å². The van der Waals surface area contributed by atoms with Crippen molar-refractivity contribution in [3.63, 3.8) is 0 Å². The van der Waals surface area contributed by atoms with Crippen molar-refractivity contribution in [3.05, 3.63) is 82.7 Å². The van der Waals surface area contributed by atoms with E-state index in [1.165, 1.54) is 16.8 Å². The largest absolute Gasteiger partial charge is 0.492 e. The fourth-order valence-corrected chi connectivity index (χ4v) is 2.28. The predicted molar refractivity (Wildman–Crippen MR) is 94.5 cm³/mol. The van der Waals surface area contributed by atoms with Crippen molar-refractivity contribution in [2.24, 2.45) is 0 Å². The van der Waals surface area contributed by atoms with Crippen LogP contribution in [0.1, 0.15) is 10.5 Å². The Morgan fingerprint density at radius 3 is 2.73 bits per heavy atom. The van der Waals surface area contributed by atoms with Gasteiger partial charge in [0.2, 0.25) is 0 Å². The second-order valence-corrected chi connectivity index (χ2v) is 5.34. The van der Waals surface area contributed by atoms with Crippen molar-refractivity contribution in [2.75, 3.05) is 13.2 Å². The lowest BCUT2D eigenvalue weighted by atomic mass is 10.3. The fraction of sp³-hybridized carbons (Fsp3) is 0.111. The molecule has 2 aromatic carbocycles. The molecule has 0 bridgehead atoms. The van der Waals surface area contributed by atoms with E-state index < -0.39 is 4.92 Å². The second kappa shape index (κ2) is 7.93. The number of nitro groups is 1. The number of non-ortho nitro benzene ring substituents is 1. The maximum absolute atomic E-state index is 12.1. The molecule has 8 nitrogen and oxygen atoms in total. The maximum Gasteiger partial charge on any atom is 0.271 e. The number of hydrogen-bond acceptors (Lipinski definition) is 5. The van der Waals surface area contributed by atoms with E-state index in [1.807, 2.05) is 30.3 Å². The number of hydrogen-bond donors (Lipinski definition) is 1. The minimum atomic E-state index is -0.479. The number of carbonyl (C=O) groups excluding carboxylic acids is 1. The molecule has 1 amide bonds. The summed E-state index contributed by atoms with van der Waals surface area (Å²) in [6.45, 7) is 0.665. The summed E-state index contributed by atoms with van der Waals surface area (Å²) in [4.78, 5) is 22.5. The van der Waals surface area contributed by atoms with Crippen LogP contribution in [0.4, 0.5) is 5.69 Å². The van der Waals surface area contributed by atoms with E-state index in [0.717, 1.165) is 5.75 Å². The average molecular weight is 352 g/mol. The number of amides is 1. The van der Waals surface area contributed by atoms with Crippen molar-refractivity contribution in [1.82, 2.24) is 15.1 Å². The Morgan fingerprint density at radius 2 is 1.96 bits per heavy atom. The van der Waals surface area contributed by atoms with E-state index in [9.17, 15) is 14.9 Å². The van der Waals surface area contributed by atoms with Crippen LogP contribution in [0.15, 0.2) is 66.9 Å². The quantitative estimate of drug-likeness (QED) is 0.400. The molecule has 0 aliphatic carbocycles. The Hall–Kier alpha value is -3.68. The summed E-state index contributed by atoms with van der Waals surface area (Å²) < 4.78 is 6.92. The Labute approximate surface area is 149 Å². The normalized spacial score (nSPS) is 10.3. The number of para-hydroxylation sites is 1. The van der Waals surface area contributed by atoms with Crippen molar-refractivity contribution >= 4 is 11.6 Å². The lowest BCUT2D eigenvalue weighted by molar-refractivity contribution is -0.384. The molecule has 3 aromatic rings. The fourth-order valence-electron chi connectivity index (χ4n) is 2.28. The number of nitrogens with one attached hydrogen (secondary N) is 1. The summed E-state index contributed by atoms with van der Waals surface area (Å²) in [7, 11) is 0. The van der Waals surface area contributed by atoms with E-state index in [0.29, 0.717) is 18.8 Å². The second-order valence-electron chi connectivity index (χ2n) is 5.34. The molecule has 3 rings (SSSR count). The number of ether oxygens (including phenoxy) is 1. The monoisotopic (exact) mass is 352 g/mol. The molecule has 0 fully saturated rings. The summed E-state index contributed by atoms with van der Waals surface area (Å²) >= 11 is 0. The standard InChI is InChI=1S/C18H16N4O4/c23-18(19-10-12-26-16-7-2-1-3-8-16)17-9-11-21(20-17)14-5-4-6-15(13-14)22(24)25/h1-9,11,13H,10,12H2,(H,19,23). The van der Waals surface area contributed by atoms with Gasteiger partial charge in [0.15, 0.2) is 5.69 Å². The van der Waals surface area contributed by atoms with Gasteiger partial charge in [-0.15, -0.1) is 0 Å². The van der Waals surface area contributed by atoms with Gasteiger partial charge in [0, 0.05) is 18.3 Å². The summed E-state index contributed by atoms with van der Waals surface area (Å²) in [5.74, 6) is 0.391. The third kappa shape index (κ3) is 4.23. The highest BCUT2D eigenvalue weighted by Gasteiger charge is 2.12. The molecular weight excluding hydrogens is 336 g/mol. The Balaban J connectivity index is 1.56. The molecule has 0 spiro atoms. The van der Waals surface area contributed by atoms with Crippen molar-refractivity contribution in [3.8, 4) is 11.4 Å². The number of rotatable bonds is 7. The highest BCUT2D eigenvalue weighted by atomic mass is 16.6. The summed E-state index contributed by atoms with van der Waals surface area (Å²) in [5, 5.41) is 17.7. The van der Waals surface area contributed by atoms with Crippen LogP contribution in [0, 0.1) is 10.1 Å². The third-order valence-corrected chi connectivity index (χ3v) is 3.53. The van der Waals surface area contributed by atoms with E-state index in [1.54, 1.807) is 24.4 Å². The van der Waals surface area contributed by atoms with Gasteiger partial charge in [0.1, 0.15) is 12.4 Å². The van der Waals surface area contributed by atoms with Gasteiger partial charge < -0.3 is 10.1 Å². The van der Waals surface area contributed by atoms with E-state index in [2.05, 4.69) is 10.4 Å². The first kappa shape index (κ1) is 17.2. The first-order chi connectivity index (χ1) is 12.6. The van der Waals surface area contributed by atoms with Gasteiger partial charge in [-0.05, 0) is 24.3 Å². The lowest BCUT2D eigenvalue weighted by Crippen LogP contribution is -2.28. The zero-order chi connectivity index (χ0) is 18.4. The van der Waals surface area contributed by atoms with Crippen molar-refractivity contribution in [1.29, 1.82) is 0 Å². The van der Waals surface area contributed by atoms with Crippen LogP contribution < -0.4 is 10.1 Å². The molecule has 26 heavy (non-hydrogen) atoms. The van der Waals surface area contributed by atoms with Gasteiger partial charge in [-0.2, -0.15) is 5.10 Å². The molecule has 132 valence electrons. The molecule has 0 atom stereocenters. The lowest BCUT2D eigenvalue weighted by Gasteiger charge is -2.06. The Kier molecular flexibility index (Phi) is 5.23. The van der Waals surface area contributed by atoms with Crippen molar-refractivity contribution < 1.29 is 14.5 Å². The minimum absolute atomic E-state index is 0.0398. The molecule has 1 N–H and O–H groups in total. The van der Waals surface area contributed by atoms with Crippen LogP contribution in [0.25, 0.3) is 5.69 Å². The molecule has 1 heterocycles. The van der Waals surface area contributed by atoms with Crippen LogP contribution >= 0.6 is 0 Å². The highest BCUT2D eigenvalue weighted by Crippen LogP contribution is 2.16. The Morgan fingerprint density at radius 1 is 1.15 bits per heavy atom. The molecule has 0 saturated carbocycles. The van der Waals surface area contributed by atoms with Crippen LogP contribution in [0.3, 0.4) is 0 Å². The number of carbonyl (C=O) groups is 1. The first-order valence-electron chi connectivity index (χ1n) is 7.90. The average Bonchev–Trinajstić information content (AvgIpc) is 3.16. The molecule has 8 heteroatoms. The number of aromatic nitrogens is 2. The van der Waals surface area contributed by atoms with Gasteiger partial charge in [-0.1, -0.05) is 24.3 Å². The zero-order valence-corrected chi connectivity index (χ0v) is 13.7. The predicted octanol–water partition coefficient (Wildman–Crippen LogP) is 2.59. The number of benzene rings is 2. The van der Waals surface area contributed by atoms with E-state index in [4.69, 9.17) is 4.74 Å². The van der Waals surface area contributed by atoms with Crippen LogP contribution in [-0.2, 0) is 0 Å². The van der Waals surface area contributed by atoms with Crippen LogP contribution in [-0.4, -0.2) is 33.8 Å². The molecule has 0 unspecified atom stereocenters.